The molecule has 5 heteroatoms. The van der Waals surface area contributed by atoms with Gasteiger partial charge in [-0.15, -0.1) is 0 Å². The van der Waals surface area contributed by atoms with Crippen LogP contribution in [0.2, 0.25) is 6.82 Å². The maximum absolute atomic E-state index is 13.6. The number of ketones is 1. The molecule has 3 aromatic rings. The first-order chi connectivity index (χ1) is 12.6. The van der Waals surface area contributed by atoms with Gasteiger partial charge in [0.1, 0.15) is 0 Å². The normalized spacial score (nSPS) is 20.5. The standard InChI is InChI=1S/C21H23BN2O2/c1-22(26)24-12-10-21(15-24,14-16-5-3-2-4-6-16)20(25)18-7-8-19-17(13-18)9-11-23-19/h2-9,11,13,23,26H,10,12,14-15H2,1H3. The number of nitrogens with one attached hydrogen (secondary N) is 1. The number of Topliss-reactive ketones (excluding diaryl/α,β-unsaturated/α-hetero) is 1. The molecule has 1 atom stereocenters. The van der Waals surface area contributed by atoms with Gasteiger partial charge in [0, 0.05) is 29.2 Å². The van der Waals surface area contributed by atoms with Gasteiger partial charge in [0.25, 0.3) is 0 Å². The highest BCUT2D eigenvalue weighted by Crippen LogP contribution is 2.38. The first-order valence-corrected chi connectivity index (χ1v) is 9.15. The van der Waals surface area contributed by atoms with E-state index in [2.05, 4.69) is 17.1 Å². The van der Waals surface area contributed by atoms with Gasteiger partial charge in [-0.25, -0.2) is 0 Å². The second kappa shape index (κ2) is 6.74. The third-order valence-electron chi connectivity index (χ3n) is 5.59. The lowest BCUT2D eigenvalue weighted by atomic mass is 9.74. The molecule has 1 saturated heterocycles. The number of H-pyrrole nitrogens is 1. The molecule has 1 fully saturated rings. The van der Waals surface area contributed by atoms with Crippen LogP contribution in [0.3, 0.4) is 0 Å². The highest BCUT2D eigenvalue weighted by molar-refractivity contribution is 6.45. The molecule has 0 radical (unpaired) electrons. The Bertz CT molecular complexity index is 922. The molecule has 1 aliphatic rings. The Labute approximate surface area is 154 Å². The van der Waals surface area contributed by atoms with Crippen LogP contribution < -0.4 is 0 Å². The average molecular weight is 346 g/mol. The molecule has 4 nitrogen and oxygen atoms in total. The SMILES string of the molecule is CB(O)N1CCC(Cc2ccccc2)(C(=O)c2ccc3[nH]ccc3c2)C1. The molecule has 0 amide bonds. The summed E-state index contributed by atoms with van der Waals surface area (Å²) in [5.41, 5.74) is 2.45. The van der Waals surface area contributed by atoms with Crippen LogP contribution in [0.25, 0.3) is 10.9 Å². The van der Waals surface area contributed by atoms with Crippen LogP contribution >= 0.6 is 0 Å². The molecule has 1 aromatic heterocycles. The molecule has 132 valence electrons. The Hall–Kier alpha value is -2.37. The van der Waals surface area contributed by atoms with E-state index in [1.807, 2.05) is 53.5 Å². The van der Waals surface area contributed by atoms with Crippen molar-refractivity contribution in [1.82, 2.24) is 9.79 Å². The topological polar surface area (TPSA) is 56.3 Å². The Balaban J connectivity index is 1.71. The minimum Gasteiger partial charge on any atom is -0.437 e. The Morgan fingerprint density at radius 2 is 2.04 bits per heavy atom. The van der Waals surface area contributed by atoms with Crippen molar-refractivity contribution in [3.05, 3.63) is 71.9 Å². The summed E-state index contributed by atoms with van der Waals surface area (Å²) in [7, 11) is -0.535. The van der Waals surface area contributed by atoms with Crippen molar-refractivity contribution < 1.29 is 9.82 Å². The maximum Gasteiger partial charge on any atom is 0.376 e. The van der Waals surface area contributed by atoms with Gasteiger partial charge >= 0.3 is 7.05 Å². The van der Waals surface area contributed by atoms with Gasteiger partial charge in [-0.1, -0.05) is 30.3 Å². The second-order valence-electron chi connectivity index (χ2n) is 7.40. The van der Waals surface area contributed by atoms with Crippen LogP contribution in [0.15, 0.2) is 60.8 Å². The van der Waals surface area contributed by atoms with Crippen LogP contribution in [0.1, 0.15) is 22.3 Å². The van der Waals surface area contributed by atoms with Gasteiger partial charge in [0.2, 0.25) is 0 Å². The zero-order valence-electron chi connectivity index (χ0n) is 15.0. The molecular weight excluding hydrogens is 323 g/mol. The molecule has 4 rings (SSSR count). The van der Waals surface area contributed by atoms with Crippen molar-refractivity contribution in [2.75, 3.05) is 13.1 Å². The third-order valence-corrected chi connectivity index (χ3v) is 5.59. The van der Waals surface area contributed by atoms with Crippen molar-refractivity contribution >= 4 is 23.7 Å². The smallest absolute Gasteiger partial charge is 0.376 e. The van der Waals surface area contributed by atoms with Crippen LogP contribution in [0.4, 0.5) is 0 Å². The van der Waals surface area contributed by atoms with Crippen molar-refractivity contribution in [2.45, 2.75) is 19.7 Å². The number of benzene rings is 2. The molecule has 2 N–H and O–H groups in total. The summed E-state index contributed by atoms with van der Waals surface area (Å²) in [5, 5.41) is 11.1. The van der Waals surface area contributed by atoms with Crippen LogP contribution in [-0.4, -0.2) is 40.7 Å². The van der Waals surface area contributed by atoms with Crippen molar-refractivity contribution in [3.8, 4) is 0 Å². The fourth-order valence-corrected chi connectivity index (χ4v) is 4.12. The number of aromatic amines is 1. The zero-order chi connectivity index (χ0) is 18.1. The number of rotatable bonds is 5. The Kier molecular flexibility index (Phi) is 4.43. The summed E-state index contributed by atoms with van der Waals surface area (Å²) in [5.74, 6) is 0.174. The molecule has 0 saturated carbocycles. The number of nitrogens with zero attached hydrogens (tertiary/aromatic N) is 1. The van der Waals surface area contributed by atoms with Crippen molar-refractivity contribution in [1.29, 1.82) is 0 Å². The van der Waals surface area contributed by atoms with Gasteiger partial charge in [-0.05, 0) is 56.0 Å². The predicted octanol–water partition coefficient (Wildman–Crippen LogP) is 3.40. The third kappa shape index (κ3) is 3.09. The monoisotopic (exact) mass is 346 g/mol. The number of hydrogen-bond acceptors (Lipinski definition) is 3. The lowest BCUT2D eigenvalue weighted by molar-refractivity contribution is 0.0807. The summed E-state index contributed by atoms with van der Waals surface area (Å²) in [4.78, 5) is 18.8. The summed E-state index contributed by atoms with van der Waals surface area (Å²) >= 11 is 0. The van der Waals surface area contributed by atoms with E-state index in [0.29, 0.717) is 13.0 Å². The van der Waals surface area contributed by atoms with Gasteiger partial charge in [-0.3, -0.25) is 4.79 Å². The lowest BCUT2D eigenvalue weighted by Crippen LogP contribution is -2.41. The molecule has 2 heterocycles. The van der Waals surface area contributed by atoms with Gasteiger partial charge in [-0.2, -0.15) is 0 Å². The minimum absolute atomic E-state index is 0.174. The average Bonchev–Trinajstić information content (AvgIpc) is 3.29. The number of hydrogen-bond donors (Lipinski definition) is 2. The highest BCUT2D eigenvalue weighted by Gasteiger charge is 2.46. The fraction of sp³-hybridized carbons (Fsp3) is 0.286. The van der Waals surface area contributed by atoms with E-state index >= 15 is 0 Å². The van der Waals surface area contributed by atoms with E-state index in [-0.39, 0.29) is 5.78 Å². The largest absolute Gasteiger partial charge is 0.437 e. The second-order valence-corrected chi connectivity index (χ2v) is 7.40. The first-order valence-electron chi connectivity index (χ1n) is 9.15. The van der Waals surface area contributed by atoms with Crippen LogP contribution in [0, 0.1) is 5.41 Å². The Morgan fingerprint density at radius 1 is 1.23 bits per heavy atom. The van der Waals surface area contributed by atoms with E-state index in [0.717, 1.165) is 35.0 Å². The van der Waals surface area contributed by atoms with E-state index in [1.54, 1.807) is 6.82 Å². The fourth-order valence-electron chi connectivity index (χ4n) is 4.12. The van der Waals surface area contributed by atoms with E-state index < -0.39 is 12.5 Å². The molecule has 26 heavy (non-hydrogen) atoms. The van der Waals surface area contributed by atoms with Crippen molar-refractivity contribution in [3.63, 3.8) is 0 Å². The number of carbonyl (C=O) groups excluding carboxylic acids is 1. The molecule has 0 aliphatic carbocycles. The van der Waals surface area contributed by atoms with E-state index in [4.69, 9.17) is 0 Å². The molecule has 0 spiro atoms. The quantitative estimate of drug-likeness (QED) is 0.550. The minimum atomic E-state index is -0.535. The Morgan fingerprint density at radius 3 is 2.77 bits per heavy atom. The maximum atomic E-state index is 13.6. The summed E-state index contributed by atoms with van der Waals surface area (Å²) < 4.78 is 0. The summed E-state index contributed by atoms with van der Waals surface area (Å²) in [6, 6.07) is 18.0. The summed E-state index contributed by atoms with van der Waals surface area (Å²) in [6.07, 6.45) is 3.35. The van der Waals surface area contributed by atoms with Crippen LogP contribution in [0.5, 0.6) is 0 Å². The molecule has 1 aliphatic heterocycles. The number of aromatic nitrogens is 1. The van der Waals surface area contributed by atoms with E-state index in [1.165, 1.54) is 0 Å². The molecule has 1 unspecified atom stereocenters. The number of carbonyl (C=O) groups is 1. The zero-order valence-corrected chi connectivity index (χ0v) is 15.0. The van der Waals surface area contributed by atoms with Gasteiger partial charge < -0.3 is 14.8 Å². The number of fused-ring (bicyclic) bond motifs is 1. The molecule has 2 aromatic carbocycles. The first kappa shape index (κ1) is 17.1. The van der Waals surface area contributed by atoms with Crippen LogP contribution in [-0.2, 0) is 6.42 Å². The predicted molar refractivity (Wildman–Crippen MR) is 105 cm³/mol. The summed E-state index contributed by atoms with van der Waals surface area (Å²) in [6.45, 7) is 3.10. The molecule has 0 bridgehead atoms. The van der Waals surface area contributed by atoms with E-state index in [9.17, 15) is 9.82 Å². The lowest BCUT2D eigenvalue weighted by Gasteiger charge is -2.29. The van der Waals surface area contributed by atoms with Crippen molar-refractivity contribution in [2.24, 2.45) is 5.41 Å². The highest BCUT2D eigenvalue weighted by atomic mass is 16.2. The molecular formula is C21H23BN2O2. The van der Waals surface area contributed by atoms with Gasteiger partial charge in [0.05, 0.1) is 5.41 Å². The van der Waals surface area contributed by atoms with Gasteiger partial charge in [0.15, 0.2) is 5.78 Å².